The van der Waals surface area contributed by atoms with Gasteiger partial charge < -0.3 is 10.1 Å². The molecular weight excluding hydrogens is 278 g/mol. The molecular formula is C17H21N3O2. The summed E-state index contributed by atoms with van der Waals surface area (Å²) in [5.74, 6) is 2.06. The lowest BCUT2D eigenvalue weighted by Gasteiger charge is -2.09. The lowest BCUT2D eigenvalue weighted by atomic mass is 10.1. The van der Waals surface area contributed by atoms with E-state index in [1.165, 1.54) is 25.7 Å². The number of aryl methyl sites for hydroxylation is 1. The summed E-state index contributed by atoms with van der Waals surface area (Å²) in [4.78, 5) is 12.5. The summed E-state index contributed by atoms with van der Waals surface area (Å²) < 4.78 is 7.62. The van der Waals surface area contributed by atoms with Crippen LogP contribution in [0.3, 0.4) is 0 Å². The van der Waals surface area contributed by atoms with E-state index in [-0.39, 0.29) is 5.91 Å². The van der Waals surface area contributed by atoms with Crippen LogP contribution >= 0.6 is 0 Å². The minimum atomic E-state index is -0.0561. The monoisotopic (exact) mass is 299 g/mol. The fourth-order valence-corrected chi connectivity index (χ4v) is 2.73. The number of hydrogen-bond donors (Lipinski definition) is 1. The van der Waals surface area contributed by atoms with E-state index in [4.69, 9.17) is 4.74 Å². The molecule has 0 atom stereocenters. The van der Waals surface area contributed by atoms with Crippen LogP contribution in [-0.2, 0) is 7.05 Å². The minimum Gasteiger partial charge on any atom is -0.493 e. The van der Waals surface area contributed by atoms with Crippen molar-refractivity contribution in [3.05, 3.63) is 23.9 Å². The summed E-state index contributed by atoms with van der Waals surface area (Å²) in [5, 5.41) is 8.32. The van der Waals surface area contributed by atoms with Crippen molar-refractivity contribution in [1.82, 2.24) is 15.1 Å². The highest BCUT2D eigenvalue weighted by atomic mass is 16.5. The van der Waals surface area contributed by atoms with Crippen molar-refractivity contribution in [2.24, 2.45) is 18.9 Å². The van der Waals surface area contributed by atoms with Gasteiger partial charge in [0.15, 0.2) is 0 Å². The third-order valence-corrected chi connectivity index (χ3v) is 4.46. The van der Waals surface area contributed by atoms with E-state index in [1.54, 1.807) is 4.68 Å². The standard InChI is InChI=1S/C17H21N3O2/c1-20-16(17(21)18-9-11-5-6-11)15-13(19-20)3-2-4-14(15)22-10-12-7-8-12/h2-4,11-12H,5-10H2,1H3,(H,18,21). The molecule has 0 radical (unpaired) electrons. The van der Waals surface area contributed by atoms with Crippen LogP contribution in [0.2, 0.25) is 0 Å². The van der Waals surface area contributed by atoms with E-state index in [0.29, 0.717) is 17.5 Å². The highest BCUT2D eigenvalue weighted by Crippen LogP contribution is 2.33. The van der Waals surface area contributed by atoms with Gasteiger partial charge in [-0.15, -0.1) is 0 Å². The molecule has 1 heterocycles. The van der Waals surface area contributed by atoms with Crippen LogP contribution in [-0.4, -0.2) is 28.8 Å². The molecule has 0 spiro atoms. The van der Waals surface area contributed by atoms with E-state index in [2.05, 4.69) is 10.4 Å². The first-order valence-electron chi connectivity index (χ1n) is 8.09. The van der Waals surface area contributed by atoms with Crippen LogP contribution in [0.5, 0.6) is 5.75 Å². The van der Waals surface area contributed by atoms with Gasteiger partial charge in [-0.25, -0.2) is 0 Å². The lowest BCUT2D eigenvalue weighted by molar-refractivity contribution is 0.0944. The first kappa shape index (κ1) is 13.6. The summed E-state index contributed by atoms with van der Waals surface area (Å²) >= 11 is 0. The highest BCUT2D eigenvalue weighted by Gasteiger charge is 2.26. The van der Waals surface area contributed by atoms with E-state index < -0.39 is 0 Å². The molecule has 0 saturated heterocycles. The van der Waals surface area contributed by atoms with Crippen molar-refractivity contribution in [3.8, 4) is 5.75 Å². The van der Waals surface area contributed by atoms with Crippen LogP contribution in [0.25, 0.3) is 10.9 Å². The SMILES string of the molecule is Cn1nc2cccc(OCC3CC3)c2c1C(=O)NCC1CC1. The zero-order chi connectivity index (χ0) is 15.1. The third kappa shape index (κ3) is 2.67. The summed E-state index contributed by atoms with van der Waals surface area (Å²) in [6.45, 7) is 1.49. The Bertz CT molecular complexity index is 714. The zero-order valence-electron chi connectivity index (χ0n) is 12.8. The Balaban J connectivity index is 1.64. The maximum atomic E-state index is 12.5. The second kappa shape index (κ2) is 5.30. The van der Waals surface area contributed by atoms with Crippen molar-refractivity contribution in [1.29, 1.82) is 0 Å². The Morgan fingerprint density at radius 2 is 2.09 bits per heavy atom. The van der Waals surface area contributed by atoms with E-state index in [1.807, 2.05) is 25.2 Å². The van der Waals surface area contributed by atoms with Crippen molar-refractivity contribution < 1.29 is 9.53 Å². The predicted octanol–water partition coefficient (Wildman–Crippen LogP) is 2.50. The van der Waals surface area contributed by atoms with Gasteiger partial charge in [-0.05, 0) is 49.7 Å². The van der Waals surface area contributed by atoms with Gasteiger partial charge in [0, 0.05) is 13.6 Å². The van der Waals surface area contributed by atoms with E-state index in [0.717, 1.165) is 29.8 Å². The van der Waals surface area contributed by atoms with Gasteiger partial charge in [0.2, 0.25) is 0 Å². The van der Waals surface area contributed by atoms with Crippen LogP contribution in [0.4, 0.5) is 0 Å². The van der Waals surface area contributed by atoms with Gasteiger partial charge in [-0.3, -0.25) is 9.48 Å². The van der Waals surface area contributed by atoms with Gasteiger partial charge in [0.25, 0.3) is 5.91 Å². The molecule has 0 unspecified atom stereocenters. The molecule has 0 bridgehead atoms. The van der Waals surface area contributed by atoms with Crippen molar-refractivity contribution in [2.45, 2.75) is 25.7 Å². The van der Waals surface area contributed by atoms with Crippen LogP contribution in [0.15, 0.2) is 18.2 Å². The maximum absolute atomic E-state index is 12.5. The van der Waals surface area contributed by atoms with Gasteiger partial charge >= 0.3 is 0 Å². The van der Waals surface area contributed by atoms with Crippen molar-refractivity contribution in [3.63, 3.8) is 0 Å². The normalized spacial score (nSPS) is 17.7. The fraction of sp³-hybridized carbons (Fsp3) is 0.529. The Kier molecular flexibility index (Phi) is 3.28. The number of fused-ring (bicyclic) bond motifs is 1. The zero-order valence-corrected chi connectivity index (χ0v) is 12.8. The number of nitrogens with zero attached hydrogens (tertiary/aromatic N) is 2. The largest absolute Gasteiger partial charge is 0.493 e. The number of carbonyl (C=O) groups is 1. The Morgan fingerprint density at radius 1 is 1.32 bits per heavy atom. The molecule has 116 valence electrons. The van der Waals surface area contributed by atoms with Gasteiger partial charge in [0.1, 0.15) is 11.4 Å². The molecule has 2 fully saturated rings. The Morgan fingerprint density at radius 3 is 2.82 bits per heavy atom. The second-order valence-electron chi connectivity index (χ2n) is 6.53. The summed E-state index contributed by atoms with van der Waals surface area (Å²) in [6, 6.07) is 5.80. The summed E-state index contributed by atoms with van der Waals surface area (Å²) in [7, 11) is 1.82. The molecule has 0 aliphatic heterocycles. The smallest absolute Gasteiger partial charge is 0.270 e. The third-order valence-electron chi connectivity index (χ3n) is 4.46. The summed E-state index contributed by atoms with van der Waals surface area (Å²) in [5.41, 5.74) is 1.41. The van der Waals surface area contributed by atoms with Crippen LogP contribution in [0.1, 0.15) is 36.2 Å². The minimum absolute atomic E-state index is 0.0561. The molecule has 1 amide bonds. The number of aromatic nitrogens is 2. The fourth-order valence-electron chi connectivity index (χ4n) is 2.73. The average Bonchev–Trinajstić information content (AvgIpc) is 3.40. The number of nitrogens with one attached hydrogen (secondary N) is 1. The first-order valence-corrected chi connectivity index (χ1v) is 8.09. The quantitative estimate of drug-likeness (QED) is 0.891. The number of ether oxygens (including phenoxy) is 1. The number of carbonyl (C=O) groups excluding carboxylic acids is 1. The number of benzene rings is 1. The molecule has 4 rings (SSSR count). The molecule has 1 N–H and O–H groups in total. The van der Waals surface area contributed by atoms with Gasteiger partial charge in [0.05, 0.1) is 17.5 Å². The summed E-state index contributed by atoms with van der Waals surface area (Å²) in [6.07, 6.45) is 4.94. The number of hydrogen-bond acceptors (Lipinski definition) is 3. The van der Waals surface area contributed by atoms with E-state index in [9.17, 15) is 4.79 Å². The van der Waals surface area contributed by atoms with Crippen molar-refractivity contribution in [2.75, 3.05) is 13.2 Å². The Hall–Kier alpha value is -2.04. The Labute approximate surface area is 129 Å². The molecule has 2 saturated carbocycles. The molecule has 2 aliphatic carbocycles. The van der Waals surface area contributed by atoms with Crippen LogP contribution in [0, 0.1) is 11.8 Å². The first-order chi connectivity index (χ1) is 10.7. The molecule has 1 aromatic heterocycles. The molecule has 2 aromatic rings. The van der Waals surface area contributed by atoms with Crippen LogP contribution < -0.4 is 10.1 Å². The molecule has 1 aromatic carbocycles. The molecule has 2 aliphatic rings. The predicted molar refractivity (Wildman–Crippen MR) is 84.0 cm³/mol. The number of amides is 1. The second-order valence-corrected chi connectivity index (χ2v) is 6.53. The van der Waals surface area contributed by atoms with Crippen molar-refractivity contribution >= 4 is 16.8 Å². The highest BCUT2D eigenvalue weighted by molar-refractivity contribution is 6.07. The molecule has 22 heavy (non-hydrogen) atoms. The topological polar surface area (TPSA) is 56.2 Å². The van der Waals surface area contributed by atoms with Gasteiger partial charge in [-0.1, -0.05) is 6.07 Å². The average molecular weight is 299 g/mol. The number of rotatable bonds is 6. The maximum Gasteiger partial charge on any atom is 0.270 e. The van der Waals surface area contributed by atoms with Gasteiger partial charge in [-0.2, -0.15) is 5.10 Å². The lowest BCUT2D eigenvalue weighted by Crippen LogP contribution is -2.27. The molecule has 5 heteroatoms. The van der Waals surface area contributed by atoms with E-state index >= 15 is 0 Å². The molecule has 5 nitrogen and oxygen atoms in total.